The number of carboxylic acids is 1. The van der Waals surface area contributed by atoms with Gasteiger partial charge in [0.1, 0.15) is 5.75 Å². The molecule has 0 saturated heterocycles. The lowest BCUT2D eigenvalue weighted by Gasteiger charge is -2.18. The van der Waals surface area contributed by atoms with Crippen molar-refractivity contribution in [3.8, 4) is 5.75 Å². The average Bonchev–Trinajstić information content (AvgIpc) is 2.31. The summed E-state index contributed by atoms with van der Waals surface area (Å²) in [6.45, 7) is 7.85. The van der Waals surface area contributed by atoms with Gasteiger partial charge < -0.3 is 9.84 Å². The number of carbonyl (C=O) groups is 1. The summed E-state index contributed by atoms with van der Waals surface area (Å²) in [6, 6.07) is 3.80. The van der Waals surface area contributed by atoms with Crippen LogP contribution in [-0.4, -0.2) is 17.7 Å². The first-order chi connectivity index (χ1) is 8.74. The Morgan fingerprint density at radius 1 is 1.32 bits per heavy atom. The molecule has 1 rings (SSSR count). The van der Waals surface area contributed by atoms with Crippen molar-refractivity contribution in [3.05, 3.63) is 28.3 Å². The van der Waals surface area contributed by atoms with Crippen LogP contribution in [0.1, 0.15) is 37.8 Å². The standard InChI is InChI=1S/C15H21ClO3/c1-10-8-12(9-11(2)13(10)16)19-7-5-6-15(3,4)14(17)18/h8-9H,5-7H2,1-4H3,(H,17,18). The summed E-state index contributed by atoms with van der Waals surface area (Å²) < 4.78 is 5.65. The van der Waals surface area contributed by atoms with Gasteiger partial charge in [-0.2, -0.15) is 0 Å². The predicted octanol–water partition coefficient (Wildman–Crippen LogP) is 4.23. The first-order valence-corrected chi connectivity index (χ1v) is 6.75. The molecule has 0 atom stereocenters. The van der Waals surface area contributed by atoms with E-state index < -0.39 is 11.4 Å². The summed E-state index contributed by atoms with van der Waals surface area (Å²) in [5, 5.41) is 9.77. The van der Waals surface area contributed by atoms with Crippen molar-refractivity contribution in [2.75, 3.05) is 6.61 Å². The molecular weight excluding hydrogens is 264 g/mol. The molecule has 0 aliphatic carbocycles. The Balaban J connectivity index is 2.49. The molecule has 0 saturated carbocycles. The van der Waals surface area contributed by atoms with Crippen molar-refractivity contribution in [3.63, 3.8) is 0 Å². The van der Waals surface area contributed by atoms with E-state index in [1.54, 1.807) is 13.8 Å². The Labute approximate surface area is 119 Å². The monoisotopic (exact) mass is 284 g/mol. The van der Waals surface area contributed by atoms with Crippen LogP contribution < -0.4 is 4.74 Å². The molecule has 0 aliphatic rings. The zero-order valence-corrected chi connectivity index (χ0v) is 12.7. The molecule has 0 heterocycles. The van der Waals surface area contributed by atoms with E-state index in [1.807, 2.05) is 26.0 Å². The lowest BCUT2D eigenvalue weighted by atomic mass is 9.88. The fraction of sp³-hybridized carbons (Fsp3) is 0.533. The van der Waals surface area contributed by atoms with Crippen molar-refractivity contribution >= 4 is 17.6 Å². The van der Waals surface area contributed by atoms with Gasteiger partial charge >= 0.3 is 5.97 Å². The fourth-order valence-corrected chi connectivity index (χ4v) is 1.91. The maximum absolute atomic E-state index is 11.0. The molecule has 0 fully saturated rings. The highest BCUT2D eigenvalue weighted by Crippen LogP contribution is 2.27. The molecule has 106 valence electrons. The van der Waals surface area contributed by atoms with Crippen molar-refractivity contribution in [2.45, 2.75) is 40.5 Å². The highest BCUT2D eigenvalue weighted by atomic mass is 35.5. The van der Waals surface area contributed by atoms with Crippen molar-refractivity contribution in [1.82, 2.24) is 0 Å². The second kappa shape index (κ2) is 6.29. The number of ether oxygens (including phenoxy) is 1. The largest absolute Gasteiger partial charge is 0.494 e. The molecule has 0 radical (unpaired) electrons. The fourth-order valence-electron chi connectivity index (χ4n) is 1.80. The number of benzene rings is 1. The van der Waals surface area contributed by atoms with Gasteiger partial charge in [-0.25, -0.2) is 0 Å². The number of rotatable bonds is 6. The number of halogens is 1. The molecule has 0 unspecified atom stereocenters. The minimum Gasteiger partial charge on any atom is -0.494 e. The van der Waals surface area contributed by atoms with Crippen LogP contribution >= 0.6 is 11.6 Å². The second-order valence-electron chi connectivity index (χ2n) is 5.51. The lowest BCUT2D eigenvalue weighted by molar-refractivity contribution is -0.147. The van der Waals surface area contributed by atoms with Gasteiger partial charge in [0, 0.05) is 5.02 Å². The van der Waals surface area contributed by atoms with Crippen LogP contribution in [0.5, 0.6) is 5.75 Å². The van der Waals surface area contributed by atoms with Crippen LogP contribution in [0, 0.1) is 19.3 Å². The van der Waals surface area contributed by atoms with Crippen LogP contribution in [0.3, 0.4) is 0 Å². The summed E-state index contributed by atoms with van der Waals surface area (Å²) in [4.78, 5) is 11.0. The van der Waals surface area contributed by atoms with Crippen molar-refractivity contribution < 1.29 is 14.6 Å². The van der Waals surface area contributed by atoms with Crippen LogP contribution in [0.25, 0.3) is 0 Å². The van der Waals surface area contributed by atoms with Gasteiger partial charge in [0.25, 0.3) is 0 Å². The molecule has 0 bridgehead atoms. The van der Waals surface area contributed by atoms with E-state index >= 15 is 0 Å². The van der Waals surface area contributed by atoms with E-state index in [-0.39, 0.29) is 0 Å². The van der Waals surface area contributed by atoms with Gasteiger partial charge in [0.2, 0.25) is 0 Å². The average molecular weight is 285 g/mol. The van der Waals surface area contributed by atoms with Crippen LogP contribution in [0.4, 0.5) is 0 Å². The van der Waals surface area contributed by atoms with Crippen molar-refractivity contribution in [1.29, 1.82) is 0 Å². The minimum absolute atomic E-state index is 0.511. The molecular formula is C15H21ClO3. The summed E-state index contributed by atoms with van der Waals surface area (Å²) >= 11 is 6.08. The Bertz CT molecular complexity index is 443. The predicted molar refractivity (Wildman–Crippen MR) is 77.1 cm³/mol. The maximum atomic E-state index is 11.0. The van der Waals surface area contributed by atoms with E-state index in [0.717, 1.165) is 21.9 Å². The van der Waals surface area contributed by atoms with Gasteiger partial charge in [0.15, 0.2) is 0 Å². The molecule has 0 spiro atoms. The van der Waals surface area contributed by atoms with Gasteiger partial charge in [0.05, 0.1) is 12.0 Å². The quantitative estimate of drug-likeness (QED) is 0.795. The van der Waals surface area contributed by atoms with E-state index in [9.17, 15) is 4.79 Å². The van der Waals surface area contributed by atoms with E-state index in [2.05, 4.69) is 0 Å². The SMILES string of the molecule is Cc1cc(OCCCC(C)(C)C(=O)O)cc(C)c1Cl. The van der Waals surface area contributed by atoms with Crippen LogP contribution in [0.2, 0.25) is 5.02 Å². The summed E-state index contributed by atoms with van der Waals surface area (Å²) in [5.41, 5.74) is 1.28. The Morgan fingerprint density at radius 2 is 1.84 bits per heavy atom. The third-order valence-corrected chi connectivity index (χ3v) is 3.80. The first kappa shape index (κ1) is 15.8. The number of aryl methyl sites for hydroxylation is 2. The molecule has 0 aliphatic heterocycles. The van der Waals surface area contributed by atoms with Crippen LogP contribution in [0.15, 0.2) is 12.1 Å². The Morgan fingerprint density at radius 3 is 2.32 bits per heavy atom. The zero-order chi connectivity index (χ0) is 14.6. The topological polar surface area (TPSA) is 46.5 Å². The normalized spacial score (nSPS) is 11.4. The molecule has 3 nitrogen and oxygen atoms in total. The summed E-state index contributed by atoms with van der Waals surface area (Å²) in [5.74, 6) is 0.0122. The molecule has 1 N–H and O–H groups in total. The number of hydrogen-bond acceptors (Lipinski definition) is 2. The van der Waals surface area contributed by atoms with Gasteiger partial charge in [-0.1, -0.05) is 11.6 Å². The molecule has 19 heavy (non-hydrogen) atoms. The number of carboxylic acid groups (broad SMARTS) is 1. The smallest absolute Gasteiger partial charge is 0.309 e. The molecule has 1 aromatic carbocycles. The van der Waals surface area contributed by atoms with E-state index in [0.29, 0.717) is 19.4 Å². The van der Waals surface area contributed by atoms with E-state index in [4.69, 9.17) is 21.4 Å². The highest BCUT2D eigenvalue weighted by Gasteiger charge is 2.26. The first-order valence-electron chi connectivity index (χ1n) is 6.37. The minimum atomic E-state index is -0.773. The van der Waals surface area contributed by atoms with E-state index in [1.165, 1.54) is 0 Å². The maximum Gasteiger partial charge on any atom is 0.309 e. The number of hydrogen-bond donors (Lipinski definition) is 1. The van der Waals surface area contributed by atoms with Gasteiger partial charge in [-0.05, 0) is 63.8 Å². The Hall–Kier alpha value is -1.22. The van der Waals surface area contributed by atoms with Gasteiger partial charge in [-0.3, -0.25) is 4.79 Å². The third kappa shape index (κ3) is 4.43. The second-order valence-corrected chi connectivity index (χ2v) is 5.89. The summed E-state index contributed by atoms with van der Waals surface area (Å²) in [7, 11) is 0. The summed E-state index contributed by atoms with van der Waals surface area (Å²) in [6.07, 6.45) is 1.30. The highest BCUT2D eigenvalue weighted by molar-refractivity contribution is 6.32. The zero-order valence-electron chi connectivity index (χ0n) is 11.9. The molecule has 0 amide bonds. The number of aliphatic carboxylic acids is 1. The molecule has 0 aromatic heterocycles. The van der Waals surface area contributed by atoms with Crippen molar-refractivity contribution in [2.24, 2.45) is 5.41 Å². The molecule has 1 aromatic rings. The molecule has 4 heteroatoms. The third-order valence-electron chi connectivity index (χ3n) is 3.20. The lowest BCUT2D eigenvalue weighted by Crippen LogP contribution is -2.24. The van der Waals surface area contributed by atoms with Crippen LogP contribution in [-0.2, 0) is 4.79 Å². The van der Waals surface area contributed by atoms with Gasteiger partial charge in [-0.15, -0.1) is 0 Å². The Kier molecular flexibility index (Phi) is 5.24.